The van der Waals surface area contributed by atoms with E-state index in [4.69, 9.17) is 10.5 Å². The van der Waals surface area contributed by atoms with E-state index in [2.05, 4.69) is 5.32 Å². The predicted octanol–water partition coefficient (Wildman–Crippen LogP) is 1.14. The van der Waals surface area contributed by atoms with Crippen molar-refractivity contribution in [3.8, 4) is 0 Å². The first-order valence-corrected chi connectivity index (χ1v) is 6.86. The molecule has 0 aliphatic heterocycles. The molecule has 0 saturated heterocycles. The van der Waals surface area contributed by atoms with E-state index in [1.807, 2.05) is 6.92 Å². The van der Waals surface area contributed by atoms with Crippen LogP contribution in [0.2, 0.25) is 0 Å². The van der Waals surface area contributed by atoms with Gasteiger partial charge in [-0.15, -0.1) is 0 Å². The Kier molecular flexibility index (Phi) is 4.54. The summed E-state index contributed by atoms with van der Waals surface area (Å²) in [6, 6.07) is 3.90. The third kappa shape index (κ3) is 3.37. The van der Waals surface area contributed by atoms with Crippen molar-refractivity contribution in [2.24, 2.45) is 5.73 Å². The van der Waals surface area contributed by atoms with Crippen LogP contribution in [0.4, 0.5) is 5.69 Å². The Balaban J connectivity index is 2.11. The summed E-state index contributed by atoms with van der Waals surface area (Å²) in [7, 11) is 0. The Morgan fingerprint density at radius 2 is 2.24 bits per heavy atom. The van der Waals surface area contributed by atoms with Crippen LogP contribution in [0.25, 0.3) is 0 Å². The number of benzene rings is 1. The maximum Gasteiger partial charge on any atom is 0.270 e. The molecule has 0 heterocycles. The molecule has 3 atom stereocenters. The Morgan fingerprint density at radius 1 is 1.52 bits per heavy atom. The van der Waals surface area contributed by atoms with Crippen LogP contribution < -0.4 is 11.1 Å². The molecule has 7 nitrogen and oxygen atoms in total. The van der Waals surface area contributed by atoms with Crippen molar-refractivity contribution in [2.75, 3.05) is 6.61 Å². The molecule has 1 saturated carbocycles. The third-order valence-electron chi connectivity index (χ3n) is 3.58. The van der Waals surface area contributed by atoms with Crippen molar-refractivity contribution in [1.82, 2.24) is 5.32 Å². The molecule has 2 rings (SSSR count). The summed E-state index contributed by atoms with van der Waals surface area (Å²) in [5.41, 5.74) is 6.70. The second kappa shape index (κ2) is 6.19. The van der Waals surface area contributed by atoms with Crippen LogP contribution >= 0.6 is 0 Å². The van der Waals surface area contributed by atoms with Gasteiger partial charge in [-0.25, -0.2) is 0 Å². The lowest BCUT2D eigenvalue weighted by Crippen LogP contribution is -2.64. The standard InChI is InChI=1S/C14H19N3O4/c1-3-21-12-7-11(15)13(12)16-14(18)9-4-8(2)5-10(6-9)17(19)20/h4-6,11-13H,3,7,15H2,1-2H3,(H,16,18). The average Bonchev–Trinajstić information content (AvgIpc) is 2.43. The Hall–Kier alpha value is -1.99. The largest absolute Gasteiger partial charge is 0.376 e. The van der Waals surface area contributed by atoms with Crippen molar-refractivity contribution < 1.29 is 14.5 Å². The normalized spacial score (nSPS) is 24.2. The summed E-state index contributed by atoms with van der Waals surface area (Å²) < 4.78 is 5.48. The molecule has 1 amide bonds. The van der Waals surface area contributed by atoms with Gasteiger partial charge in [-0.3, -0.25) is 14.9 Å². The van der Waals surface area contributed by atoms with Gasteiger partial charge in [-0.05, 0) is 31.9 Å². The maximum atomic E-state index is 12.2. The van der Waals surface area contributed by atoms with E-state index in [1.165, 1.54) is 12.1 Å². The van der Waals surface area contributed by atoms with Gasteiger partial charge < -0.3 is 15.8 Å². The van der Waals surface area contributed by atoms with Crippen molar-refractivity contribution >= 4 is 11.6 Å². The highest BCUT2D eigenvalue weighted by Gasteiger charge is 2.40. The minimum Gasteiger partial charge on any atom is -0.376 e. The number of nitro groups is 1. The average molecular weight is 293 g/mol. The topological polar surface area (TPSA) is 107 Å². The van der Waals surface area contributed by atoms with Gasteiger partial charge in [-0.2, -0.15) is 0 Å². The quantitative estimate of drug-likeness (QED) is 0.625. The molecule has 7 heteroatoms. The maximum absolute atomic E-state index is 12.2. The molecule has 0 aromatic heterocycles. The number of non-ortho nitro benzene ring substituents is 1. The van der Waals surface area contributed by atoms with Gasteiger partial charge in [0, 0.05) is 30.3 Å². The summed E-state index contributed by atoms with van der Waals surface area (Å²) in [6.07, 6.45) is 0.612. The number of hydrogen-bond acceptors (Lipinski definition) is 5. The Bertz CT molecular complexity index is 559. The third-order valence-corrected chi connectivity index (χ3v) is 3.58. The number of aryl methyl sites for hydroxylation is 1. The lowest BCUT2D eigenvalue weighted by atomic mass is 9.83. The van der Waals surface area contributed by atoms with E-state index in [1.54, 1.807) is 13.0 Å². The van der Waals surface area contributed by atoms with Crippen molar-refractivity contribution in [3.63, 3.8) is 0 Å². The van der Waals surface area contributed by atoms with E-state index >= 15 is 0 Å². The first-order valence-electron chi connectivity index (χ1n) is 6.86. The van der Waals surface area contributed by atoms with E-state index in [0.29, 0.717) is 18.6 Å². The van der Waals surface area contributed by atoms with Crippen LogP contribution in [-0.4, -0.2) is 35.6 Å². The van der Waals surface area contributed by atoms with Crippen molar-refractivity contribution in [3.05, 3.63) is 39.4 Å². The summed E-state index contributed by atoms with van der Waals surface area (Å²) in [6.45, 7) is 4.15. The second-order valence-corrected chi connectivity index (χ2v) is 5.21. The van der Waals surface area contributed by atoms with E-state index in [-0.39, 0.29) is 35.3 Å². The number of carbonyl (C=O) groups excluding carboxylic acids is 1. The van der Waals surface area contributed by atoms with Crippen LogP contribution in [0.15, 0.2) is 18.2 Å². The van der Waals surface area contributed by atoms with Crippen molar-refractivity contribution in [2.45, 2.75) is 38.5 Å². The minimum atomic E-state index is -0.512. The van der Waals surface area contributed by atoms with Crippen LogP contribution in [-0.2, 0) is 4.74 Å². The number of nitrogens with zero attached hydrogens (tertiary/aromatic N) is 1. The highest BCUT2D eigenvalue weighted by Crippen LogP contribution is 2.23. The molecule has 1 aromatic rings. The zero-order valence-electron chi connectivity index (χ0n) is 12.0. The smallest absolute Gasteiger partial charge is 0.270 e. The Morgan fingerprint density at radius 3 is 2.81 bits per heavy atom. The highest BCUT2D eigenvalue weighted by molar-refractivity contribution is 5.95. The number of nitrogens with one attached hydrogen (secondary N) is 1. The van der Waals surface area contributed by atoms with Crippen LogP contribution in [0.3, 0.4) is 0 Å². The first-order chi connectivity index (χ1) is 9.92. The van der Waals surface area contributed by atoms with Crippen LogP contribution in [0.5, 0.6) is 0 Å². The number of hydrogen-bond donors (Lipinski definition) is 2. The number of carbonyl (C=O) groups is 1. The monoisotopic (exact) mass is 293 g/mol. The fraction of sp³-hybridized carbons (Fsp3) is 0.500. The summed E-state index contributed by atoms with van der Waals surface area (Å²) >= 11 is 0. The Labute approximate surface area is 122 Å². The zero-order chi connectivity index (χ0) is 15.6. The van der Waals surface area contributed by atoms with E-state index in [9.17, 15) is 14.9 Å². The number of amides is 1. The lowest BCUT2D eigenvalue weighted by Gasteiger charge is -2.42. The molecular weight excluding hydrogens is 274 g/mol. The molecule has 1 aromatic carbocycles. The first kappa shape index (κ1) is 15.4. The molecule has 1 aliphatic carbocycles. The molecule has 114 valence electrons. The SMILES string of the molecule is CCOC1CC(N)C1NC(=O)c1cc(C)cc([N+](=O)[O-])c1. The number of rotatable bonds is 5. The number of ether oxygens (including phenoxy) is 1. The molecule has 1 aliphatic rings. The van der Waals surface area contributed by atoms with Gasteiger partial charge in [0.05, 0.1) is 17.1 Å². The highest BCUT2D eigenvalue weighted by atomic mass is 16.6. The summed E-state index contributed by atoms with van der Waals surface area (Å²) in [5.74, 6) is -0.369. The molecular formula is C14H19N3O4. The van der Waals surface area contributed by atoms with Gasteiger partial charge in [-0.1, -0.05) is 0 Å². The van der Waals surface area contributed by atoms with Crippen LogP contribution in [0.1, 0.15) is 29.3 Å². The molecule has 1 fully saturated rings. The molecule has 3 N–H and O–H groups in total. The van der Waals surface area contributed by atoms with Gasteiger partial charge in [0.1, 0.15) is 0 Å². The van der Waals surface area contributed by atoms with E-state index < -0.39 is 4.92 Å². The zero-order valence-corrected chi connectivity index (χ0v) is 12.0. The van der Waals surface area contributed by atoms with Gasteiger partial charge >= 0.3 is 0 Å². The van der Waals surface area contributed by atoms with Gasteiger partial charge in [0.25, 0.3) is 11.6 Å². The number of nitro benzene ring substituents is 1. The van der Waals surface area contributed by atoms with Gasteiger partial charge in [0.2, 0.25) is 0 Å². The van der Waals surface area contributed by atoms with Gasteiger partial charge in [0.15, 0.2) is 0 Å². The molecule has 0 spiro atoms. The number of nitrogens with two attached hydrogens (primary N) is 1. The lowest BCUT2D eigenvalue weighted by molar-refractivity contribution is -0.384. The van der Waals surface area contributed by atoms with Crippen molar-refractivity contribution in [1.29, 1.82) is 0 Å². The summed E-state index contributed by atoms with van der Waals surface area (Å²) in [4.78, 5) is 22.6. The fourth-order valence-corrected chi connectivity index (χ4v) is 2.46. The molecule has 0 bridgehead atoms. The molecule has 3 unspecified atom stereocenters. The molecule has 21 heavy (non-hydrogen) atoms. The van der Waals surface area contributed by atoms with E-state index in [0.717, 1.165) is 0 Å². The predicted molar refractivity (Wildman–Crippen MR) is 77.1 cm³/mol. The second-order valence-electron chi connectivity index (χ2n) is 5.21. The van der Waals surface area contributed by atoms with Crippen LogP contribution in [0, 0.1) is 17.0 Å². The molecule has 0 radical (unpaired) electrons. The summed E-state index contributed by atoms with van der Waals surface area (Å²) in [5, 5.41) is 13.6. The minimum absolute atomic E-state index is 0.0891. The fourth-order valence-electron chi connectivity index (χ4n) is 2.46.